The average molecular weight is 314 g/mol. The minimum absolute atomic E-state index is 0.106. The fourth-order valence-corrected chi connectivity index (χ4v) is 3.83. The van der Waals surface area contributed by atoms with E-state index in [9.17, 15) is 12.8 Å². The number of halogens is 1. The van der Waals surface area contributed by atoms with Gasteiger partial charge in [0.05, 0.1) is 9.90 Å². The van der Waals surface area contributed by atoms with Crippen LogP contribution in [0.25, 0.3) is 0 Å². The van der Waals surface area contributed by atoms with Crippen LogP contribution in [0.1, 0.15) is 16.3 Å². The first-order chi connectivity index (χ1) is 9.38. The van der Waals surface area contributed by atoms with Crippen molar-refractivity contribution in [2.24, 2.45) is 0 Å². The van der Waals surface area contributed by atoms with Crippen molar-refractivity contribution in [3.63, 3.8) is 0 Å². The fourth-order valence-electron chi connectivity index (χ4n) is 1.80. The first-order valence-electron chi connectivity index (χ1n) is 6.05. The van der Waals surface area contributed by atoms with E-state index in [1.54, 1.807) is 6.92 Å². The van der Waals surface area contributed by atoms with Gasteiger partial charge in [0.2, 0.25) is 10.0 Å². The lowest BCUT2D eigenvalue weighted by Crippen LogP contribution is -2.26. The van der Waals surface area contributed by atoms with Crippen LogP contribution in [-0.2, 0) is 16.4 Å². The molecule has 0 bridgehead atoms. The Morgan fingerprint density at radius 1 is 1.35 bits per heavy atom. The maximum Gasteiger partial charge on any atom is 0.240 e. The van der Waals surface area contributed by atoms with E-state index in [1.165, 1.54) is 23.5 Å². The molecule has 20 heavy (non-hydrogen) atoms. The van der Waals surface area contributed by atoms with Crippen LogP contribution in [0.5, 0.6) is 0 Å². The number of sulfonamides is 1. The maximum absolute atomic E-state index is 13.0. The Balaban J connectivity index is 2.04. The molecular weight excluding hydrogens is 299 g/mol. The minimum Gasteiger partial charge on any atom is -0.247 e. The molecule has 108 valence electrons. The molecule has 1 N–H and O–H groups in total. The molecule has 7 heteroatoms. The Bertz CT molecular complexity index is 711. The van der Waals surface area contributed by atoms with Gasteiger partial charge in [0.1, 0.15) is 5.82 Å². The van der Waals surface area contributed by atoms with Crippen molar-refractivity contribution in [1.82, 2.24) is 9.71 Å². The van der Waals surface area contributed by atoms with Gasteiger partial charge in [-0.25, -0.2) is 22.5 Å². The van der Waals surface area contributed by atoms with Crippen molar-refractivity contribution >= 4 is 21.4 Å². The van der Waals surface area contributed by atoms with Crippen LogP contribution in [0.15, 0.2) is 28.5 Å². The second-order valence-electron chi connectivity index (χ2n) is 4.44. The molecule has 0 aliphatic rings. The van der Waals surface area contributed by atoms with Crippen molar-refractivity contribution in [2.45, 2.75) is 25.2 Å². The van der Waals surface area contributed by atoms with E-state index < -0.39 is 15.8 Å². The smallest absolute Gasteiger partial charge is 0.240 e. The minimum atomic E-state index is -3.61. The van der Waals surface area contributed by atoms with Gasteiger partial charge in [0.15, 0.2) is 0 Å². The van der Waals surface area contributed by atoms with Gasteiger partial charge in [0.25, 0.3) is 0 Å². The van der Waals surface area contributed by atoms with Gasteiger partial charge in [-0.2, -0.15) is 0 Å². The Kier molecular flexibility index (Phi) is 4.52. The molecule has 0 atom stereocenters. The summed E-state index contributed by atoms with van der Waals surface area (Å²) < 4.78 is 39.7. The van der Waals surface area contributed by atoms with Crippen LogP contribution < -0.4 is 4.72 Å². The summed E-state index contributed by atoms with van der Waals surface area (Å²) in [4.78, 5) is 4.37. The Labute approximate surface area is 121 Å². The molecule has 0 saturated carbocycles. The summed E-state index contributed by atoms with van der Waals surface area (Å²) in [6.45, 7) is 3.74. The number of nitrogens with zero attached hydrogens (tertiary/aromatic N) is 1. The molecule has 0 aliphatic heterocycles. The van der Waals surface area contributed by atoms with E-state index in [4.69, 9.17) is 0 Å². The summed E-state index contributed by atoms with van der Waals surface area (Å²) in [5.74, 6) is -0.445. The first-order valence-corrected chi connectivity index (χ1v) is 8.41. The average Bonchev–Trinajstić information content (AvgIpc) is 2.74. The molecular formula is C13H15FN2O2S2. The summed E-state index contributed by atoms with van der Waals surface area (Å²) in [6.07, 6.45) is 0.540. The number of benzene rings is 1. The lowest BCUT2D eigenvalue weighted by Gasteiger charge is -2.08. The summed E-state index contributed by atoms with van der Waals surface area (Å²) in [6, 6.07) is 3.63. The van der Waals surface area contributed by atoms with E-state index in [0.717, 1.165) is 16.8 Å². The highest BCUT2D eigenvalue weighted by Crippen LogP contribution is 2.16. The monoisotopic (exact) mass is 314 g/mol. The van der Waals surface area contributed by atoms with E-state index in [0.29, 0.717) is 12.0 Å². The second kappa shape index (κ2) is 5.99. The fraction of sp³-hybridized carbons (Fsp3) is 0.308. The molecule has 0 aliphatic carbocycles. The Morgan fingerprint density at radius 2 is 2.10 bits per heavy atom. The lowest BCUT2D eigenvalue weighted by molar-refractivity contribution is 0.579. The van der Waals surface area contributed by atoms with Gasteiger partial charge in [-0.15, -0.1) is 11.3 Å². The standard InChI is InChI=1S/C13H15FN2O2S2/c1-9-7-11(14)3-4-12(9)20(17,18)15-6-5-13-16-10(2)8-19-13/h3-4,7-8,15H,5-6H2,1-2H3. The third-order valence-electron chi connectivity index (χ3n) is 2.72. The highest BCUT2D eigenvalue weighted by molar-refractivity contribution is 7.89. The molecule has 0 amide bonds. The van der Waals surface area contributed by atoms with Crippen LogP contribution in [0.2, 0.25) is 0 Å². The van der Waals surface area contributed by atoms with Crippen molar-refractivity contribution in [3.05, 3.63) is 45.7 Å². The Morgan fingerprint density at radius 3 is 2.70 bits per heavy atom. The summed E-state index contributed by atoms with van der Waals surface area (Å²) in [5, 5.41) is 2.81. The Hall–Kier alpha value is -1.31. The van der Waals surface area contributed by atoms with Crippen LogP contribution >= 0.6 is 11.3 Å². The van der Waals surface area contributed by atoms with Gasteiger partial charge in [-0.3, -0.25) is 0 Å². The molecule has 2 rings (SSSR count). The van der Waals surface area contributed by atoms with Crippen molar-refractivity contribution in [1.29, 1.82) is 0 Å². The SMILES string of the molecule is Cc1csc(CCNS(=O)(=O)c2ccc(F)cc2C)n1. The van der Waals surface area contributed by atoms with Crippen LogP contribution in [0.3, 0.4) is 0 Å². The van der Waals surface area contributed by atoms with Crippen LogP contribution in [0, 0.1) is 19.7 Å². The third-order valence-corrected chi connectivity index (χ3v) is 5.37. The second-order valence-corrected chi connectivity index (χ2v) is 7.12. The van der Waals surface area contributed by atoms with Crippen LogP contribution in [0.4, 0.5) is 4.39 Å². The zero-order valence-electron chi connectivity index (χ0n) is 11.2. The van der Waals surface area contributed by atoms with E-state index >= 15 is 0 Å². The van der Waals surface area contributed by atoms with Crippen molar-refractivity contribution < 1.29 is 12.8 Å². The molecule has 0 spiro atoms. The molecule has 1 heterocycles. The maximum atomic E-state index is 13.0. The topological polar surface area (TPSA) is 59.1 Å². The normalized spacial score (nSPS) is 11.8. The number of aromatic nitrogens is 1. The number of thiazole rings is 1. The molecule has 4 nitrogen and oxygen atoms in total. The zero-order chi connectivity index (χ0) is 14.8. The van der Waals surface area contributed by atoms with Gasteiger partial charge < -0.3 is 0 Å². The molecule has 2 aromatic rings. The number of hydrogen-bond acceptors (Lipinski definition) is 4. The summed E-state index contributed by atoms with van der Waals surface area (Å²) >= 11 is 1.51. The summed E-state index contributed by atoms with van der Waals surface area (Å²) in [7, 11) is -3.61. The van der Waals surface area contributed by atoms with Gasteiger partial charge in [-0.1, -0.05) is 0 Å². The van der Waals surface area contributed by atoms with E-state index in [-0.39, 0.29) is 11.4 Å². The highest BCUT2D eigenvalue weighted by Gasteiger charge is 2.16. The van der Waals surface area contributed by atoms with Gasteiger partial charge in [-0.05, 0) is 37.6 Å². The molecule has 0 radical (unpaired) electrons. The molecule has 1 aromatic heterocycles. The zero-order valence-corrected chi connectivity index (χ0v) is 12.8. The number of aryl methyl sites for hydroxylation is 2. The highest BCUT2D eigenvalue weighted by atomic mass is 32.2. The van der Waals surface area contributed by atoms with Gasteiger partial charge >= 0.3 is 0 Å². The molecule has 0 fully saturated rings. The van der Waals surface area contributed by atoms with Crippen molar-refractivity contribution in [2.75, 3.05) is 6.54 Å². The van der Waals surface area contributed by atoms with E-state index in [2.05, 4.69) is 9.71 Å². The third kappa shape index (κ3) is 3.62. The molecule has 0 saturated heterocycles. The predicted molar refractivity (Wildman–Crippen MR) is 76.9 cm³/mol. The van der Waals surface area contributed by atoms with Gasteiger partial charge in [0, 0.05) is 24.0 Å². The number of nitrogens with one attached hydrogen (secondary N) is 1. The predicted octanol–water partition coefficient (Wildman–Crippen LogP) is 2.42. The summed E-state index contributed by atoms with van der Waals surface area (Å²) in [5.41, 5.74) is 1.32. The van der Waals surface area contributed by atoms with E-state index in [1.807, 2.05) is 12.3 Å². The largest absolute Gasteiger partial charge is 0.247 e. The number of rotatable bonds is 5. The molecule has 0 unspecified atom stereocenters. The van der Waals surface area contributed by atoms with Crippen LogP contribution in [-0.4, -0.2) is 19.9 Å². The lowest BCUT2D eigenvalue weighted by atomic mass is 10.2. The van der Waals surface area contributed by atoms with Crippen molar-refractivity contribution in [3.8, 4) is 0 Å². The number of hydrogen-bond donors (Lipinski definition) is 1. The quantitative estimate of drug-likeness (QED) is 0.922. The first kappa shape index (κ1) is 15.1. The molecule has 1 aromatic carbocycles.